The SMILES string of the molecule is CCC[C@H](N)C(=O)N1CCCCCC1CO. The van der Waals surface area contributed by atoms with E-state index in [9.17, 15) is 9.90 Å². The zero-order chi connectivity index (χ0) is 12.0. The quantitative estimate of drug-likeness (QED) is 0.750. The van der Waals surface area contributed by atoms with Crippen molar-refractivity contribution in [2.75, 3.05) is 13.2 Å². The van der Waals surface area contributed by atoms with Crippen LogP contribution in [0.25, 0.3) is 0 Å². The van der Waals surface area contributed by atoms with E-state index < -0.39 is 6.04 Å². The molecule has 1 fully saturated rings. The molecular formula is C12H24N2O2. The summed E-state index contributed by atoms with van der Waals surface area (Å²) in [6.07, 6.45) is 5.82. The van der Waals surface area contributed by atoms with Gasteiger partial charge < -0.3 is 15.7 Å². The molecule has 0 bridgehead atoms. The number of hydrogen-bond donors (Lipinski definition) is 2. The molecule has 1 rings (SSSR count). The van der Waals surface area contributed by atoms with Crippen LogP contribution in [0.2, 0.25) is 0 Å². The molecule has 2 atom stereocenters. The minimum atomic E-state index is -0.392. The van der Waals surface area contributed by atoms with Crippen LogP contribution in [0.15, 0.2) is 0 Å². The molecule has 0 aromatic rings. The van der Waals surface area contributed by atoms with Crippen molar-refractivity contribution in [2.24, 2.45) is 5.73 Å². The van der Waals surface area contributed by atoms with Crippen molar-refractivity contribution in [3.8, 4) is 0 Å². The summed E-state index contributed by atoms with van der Waals surface area (Å²) in [4.78, 5) is 13.9. The summed E-state index contributed by atoms with van der Waals surface area (Å²) >= 11 is 0. The zero-order valence-electron chi connectivity index (χ0n) is 10.2. The number of rotatable bonds is 4. The number of nitrogens with two attached hydrogens (primary N) is 1. The van der Waals surface area contributed by atoms with Crippen molar-refractivity contribution in [1.29, 1.82) is 0 Å². The van der Waals surface area contributed by atoms with E-state index in [2.05, 4.69) is 0 Å². The number of carbonyl (C=O) groups excluding carboxylic acids is 1. The molecule has 1 unspecified atom stereocenters. The lowest BCUT2D eigenvalue weighted by Gasteiger charge is -2.30. The minimum absolute atomic E-state index is 0.0158. The van der Waals surface area contributed by atoms with Crippen LogP contribution in [0, 0.1) is 0 Å². The maximum Gasteiger partial charge on any atom is 0.239 e. The smallest absolute Gasteiger partial charge is 0.239 e. The van der Waals surface area contributed by atoms with Gasteiger partial charge in [-0.25, -0.2) is 0 Å². The average molecular weight is 228 g/mol. The van der Waals surface area contributed by atoms with Crippen molar-refractivity contribution in [2.45, 2.75) is 57.5 Å². The molecule has 4 heteroatoms. The maximum absolute atomic E-state index is 12.1. The molecule has 0 aromatic heterocycles. The van der Waals surface area contributed by atoms with Gasteiger partial charge in [0, 0.05) is 6.54 Å². The second-order valence-corrected chi connectivity index (χ2v) is 4.61. The Balaban J connectivity index is 2.62. The van der Waals surface area contributed by atoms with E-state index in [4.69, 9.17) is 5.73 Å². The molecule has 1 aliphatic heterocycles. The second-order valence-electron chi connectivity index (χ2n) is 4.61. The van der Waals surface area contributed by atoms with Gasteiger partial charge >= 0.3 is 0 Å². The van der Waals surface area contributed by atoms with Gasteiger partial charge in [0.1, 0.15) is 0 Å². The number of carbonyl (C=O) groups is 1. The van der Waals surface area contributed by atoms with Crippen LogP contribution in [0.5, 0.6) is 0 Å². The molecule has 0 spiro atoms. The number of aliphatic hydroxyl groups excluding tert-OH is 1. The second kappa shape index (κ2) is 6.86. The van der Waals surface area contributed by atoms with Gasteiger partial charge in [-0.3, -0.25) is 4.79 Å². The monoisotopic (exact) mass is 228 g/mol. The number of likely N-dealkylation sites (tertiary alicyclic amines) is 1. The van der Waals surface area contributed by atoms with E-state index in [0.717, 1.165) is 45.1 Å². The summed E-state index contributed by atoms with van der Waals surface area (Å²) in [6.45, 7) is 2.84. The highest BCUT2D eigenvalue weighted by Crippen LogP contribution is 2.17. The first-order chi connectivity index (χ1) is 7.70. The Morgan fingerprint density at radius 3 is 2.88 bits per heavy atom. The van der Waals surface area contributed by atoms with Gasteiger partial charge in [0.15, 0.2) is 0 Å². The Bertz CT molecular complexity index is 221. The van der Waals surface area contributed by atoms with Crippen LogP contribution in [-0.2, 0) is 4.79 Å². The predicted molar refractivity (Wildman–Crippen MR) is 63.9 cm³/mol. The highest BCUT2D eigenvalue weighted by atomic mass is 16.3. The van der Waals surface area contributed by atoms with Crippen LogP contribution in [0.3, 0.4) is 0 Å². The number of amides is 1. The molecule has 0 radical (unpaired) electrons. The molecule has 1 heterocycles. The molecule has 0 saturated carbocycles. The summed E-state index contributed by atoms with van der Waals surface area (Å²) < 4.78 is 0. The first-order valence-corrected chi connectivity index (χ1v) is 6.37. The standard InChI is InChI=1S/C12H24N2O2/c1-2-6-11(13)12(16)14-8-5-3-4-7-10(14)9-15/h10-11,15H,2-9,13H2,1H3/t10?,11-/m0/s1. The third-order valence-electron chi connectivity index (χ3n) is 3.29. The number of aliphatic hydroxyl groups is 1. The molecular weight excluding hydrogens is 204 g/mol. The number of hydrogen-bond acceptors (Lipinski definition) is 3. The van der Waals surface area contributed by atoms with E-state index in [-0.39, 0.29) is 18.6 Å². The van der Waals surface area contributed by atoms with E-state index in [1.165, 1.54) is 0 Å². The lowest BCUT2D eigenvalue weighted by Crippen LogP contribution is -2.49. The molecule has 4 nitrogen and oxygen atoms in total. The predicted octanol–water partition coefficient (Wildman–Crippen LogP) is 0.877. The van der Waals surface area contributed by atoms with Gasteiger partial charge in [0.25, 0.3) is 0 Å². The van der Waals surface area contributed by atoms with Crippen LogP contribution >= 0.6 is 0 Å². The topological polar surface area (TPSA) is 66.6 Å². The van der Waals surface area contributed by atoms with Crippen LogP contribution in [0.1, 0.15) is 45.4 Å². The summed E-state index contributed by atoms with van der Waals surface area (Å²) in [5.41, 5.74) is 5.85. The Labute approximate surface area is 97.8 Å². The van der Waals surface area contributed by atoms with Crippen molar-refractivity contribution in [3.05, 3.63) is 0 Å². The van der Waals surface area contributed by atoms with Crippen LogP contribution in [0.4, 0.5) is 0 Å². The minimum Gasteiger partial charge on any atom is -0.394 e. The Morgan fingerprint density at radius 1 is 1.50 bits per heavy atom. The lowest BCUT2D eigenvalue weighted by molar-refractivity contribution is -0.136. The maximum atomic E-state index is 12.1. The highest BCUT2D eigenvalue weighted by molar-refractivity contribution is 5.82. The van der Waals surface area contributed by atoms with Gasteiger partial charge in [-0.15, -0.1) is 0 Å². The van der Waals surface area contributed by atoms with Gasteiger partial charge in [0.2, 0.25) is 5.91 Å². The van der Waals surface area contributed by atoms with E-state index in [1.807, 2.05) is 6.92 Å². The fraction of sp³-hybridized carbons (Fsp3) is 0.917. The number of nitrogens with zero attached hydrogens (tertiary/aromatic N) is 1. The van der Waals surface area contributed by atoms with Gasteiger partial charge in [-0.1, -0.05) is 26.2 Å². The Hall–Kier alpha value is -0.610. The summed E-state index contributed by atoms with van der Waals surface area (Å²) in [5.74, 6) is 0.0165. The molecule has 0 aromatic carbocycles. The first-order valence-electron chi connectivity index (χ1n) is 6.37. The molecule has 3 N–H and O–H groups in total. The van der Waals surface area contributed by atoms with E-state index in [1.54, 1.807) is 4.90 Å². The molecule has 1 amide bonds. The van der Waals surface area contributed by atoms with E-state index in [0.29, 0.717) is 0 Å². The third-order valence-corrected chi connectivity index (χ3v) is 3.29. The summed E-state index contributed by atoms with van der Waals surface area (Å²) in [7, 11) is 0. The molecule has 94 valence electrons. The van der Waals surface area contributed by atoms with Crippen molar-refractivity contribution >= 4 is 5.91 Å². The molecule has 16 heavy (non-hydrogen) atoms. The summed E-state index contributed by atoms with van der Waals surface area (Å²) in [5, 5.41) is 9.31. The molecule has 1 saturated heterocycles. The molecule has 1 aliphatic rings. The van der Waals surface area contributed by atoms with Crippen molar-refractivity contribution < 1.29 is 9.90 Å². The van der Waals surface area contributed by atoms with Gasteiger partial charge in [-0.2, -0.15) is 0 Å². The lowest BCUT2D eigenvalue weighted by atomic mass is 10.1. The van der Waals surface area contributed by atoms with E-state index >= 15 is 0 Å². The fourth-order valence-electron chi connectivity index (χ4n) is 2.30. The van der Waals surface area contributed by atoms with Crippen molar-refractivity contribution in [3.63, 3.8) is 0 Å². The fourth-order valence-corrected chi connectivity index (χ4v) is 2.30. The van der Waals surface area contributed by atoms with Gasteiger partial charge in [0.05, 0.1) is 18.7 Å². The highest BCUT2D eigenvalue weighted by Gasteiger charge is 2.27. The summed E-state index contributed by atoms with van der Waals surface area (Å²) in [6, 6.07) is -0.407. The normalized spacial score (nSPS) is 23.9. The molecule has 0 aliphatic carbocycles. The first kappa shape index (κ1) is 13.5. The van der Waals surface area contributed by atoms with Crippen LogP contribution in [-0.4, -0.2) is 41.1 Å². The Morgan fingerprint density at radius 2 is 2.25 bits per heavy atom. The third kappa shape index (κ3) is 3.46. The largest absolute Gasteiger partial charge is 0.394 e. The average Bonchev–Trinajstić information content (AvgIpc) is 2.53. The zero-order valence-corrected chi connectivity index (χ0v) is 10.2. The van der Waals surface area contributed by atoms with Crippen molar-refractivity contribution in [1.82, 2.24) is 4.90 Å². The Kier molecular flexibility index (Phi) is 5.77. The van der Waals surface area contributed by atoms with Gasteiger partial charge in [-0.05, 0) is 19.3 Å². The van der Waals surface area contributed by atoms with Crippen LogP contribution < -0.4 is 5.73 Å².